The van der Waals surface area contributed by atoms with Crippen molar-refractivity contribution in [1.82, 2.24) is 15.5 Å². The van der Waals surface area contributed by atoms with E-state index in [1.54, 1.807) is 0 Å². The van der Waals surface area contributed by atoms with Crippen LogP contribution in [0.25, 0.3) is 0 Å². The van der Waals surface area contributed by atoms with Crippen LogP contribution in [0.2, 0.25) is 0 Å². The van der Waals surface area contributed by atoms with E-state index in [2.05, 4.69) is 52.0 Å². The summed E-state index contributed by atoms with van der Waals surface area (Å²) >= 11 is 0. The zero-order chi connectivity index (χ0) is 14.4. The Kier molecular flexibility index (Phi) is 5.12. The number of anilines is 1. The molecular formula is C15H22N4O. The molecule has 1 heterocycles. The molecule has 20 heavy (non-hydrogen) atoms. The summed E-state index contributed by atoms with van der Waals surface area (Å²) in [5, 5.41) is 14.2. The second kappa shape index (κ2) is 7.05. The number of hydrogen-bond acceptors (Lipinski definition) is 5. The topological polar surface area (TPSA) is 63.0 Å². The van der Waals surface area contributed by atoms with E-state index >= 15 is 0 Å². The van der Waals surface area contributed by atoms with E-state index in [9.17, 15) is 0 Å². The van der Waals surface area contributed by atoms with Crippen LogP contribution in [-0.4, -0.2) is 23.8 Å². The first-order valence-corrected chi connectivity index (χ1v) is 7.00. The molecule has 2 rings (SSSR count). The summed E-state index contributed by atoms with van der Waals surface area (Å²) in [4.78, 5) is 0. The van der Waals surface area contributed by atoms with Crippen LogP contribution in [0.3, 0.4) is 0 Å². The Balaban J connectivity index is 1.80. The Bertz CT molecular complexity index is 512. The van der Waals surface area contributed by atoms with E-state index in [1.165, 1.54) is 5.56 Å². The van der Waals surface area contributed by atoms with Crippen LogP contribution in [0.5, 0.6) is 0 Å². The number of benzene rings is 1. The van der Waals surface area contributed by atoms with Gasteiger partial charge < -0.3 is 15.1 Å². The van der Waals surface area contributed by atoms with Gasteiger partial charge in [0, 0.05) is 6.54 Å². The largest absolute Gasteiger partial charge is 0.406 e. The molecule has 0 amide bonds. The average Bonchev–Trinajstić information content (AvgIpc) is 2.96. The molecule has 0 spiro atoms. The van der Waals surface area contributed by atoms with Crippen molar-refractivity contribution in [1.29, 1.82) is 0 Å². The molecular weight excluding hydrogens is 252 g/mol. The fourth-order valence-corrected chi connectivity index (χ4v) is 1.95. The van der Waals surface area contributed by atoms with Gasteiger partial charge in [-0.1, -0.05) is 42.4 Å². The molecule has 0 aliphatic heterocycles. The highest BCUT2D eigenvalue weighted by atomic mass is 16.4. The van der Waals surface area contributed by atoms with Crippen molar-refractivity contribution in [3.8, 4) is 0 Å². The van der Waals surface area contributed by atoms with Gasteiger partial charge in [-0.15, -0.1) is 5.10 Å². The van der Waals surface area contributed by atoms with E-state index in [-0.39, 0.29) is 6.04 Å². The summed E-state index contributed by atoms with van der Waals surface area (Å²) in [7, 11) is 1.86. The number of nitrogens with one attached hydrogen (secondary N) is 2. The van der Waals surface area contributed by atoms with Crippen molar-refractivity contribution in [2.45, 2.75) is 32.2 Å². The predicted molar refractivity (Wildman–Crippen MR) is 79.7 cm³/mol. The van der Waals surface area contributed by atoms with Crippen LogP contribution in [0.1, 0.15) is 43.7 Å². The monoisotopic (exact) mass is 274 g/mol. The lowest BCUT2D eigenvalue weighted by molar-refractivity contribution is 0.440. The lowest BCUT2D eigenvalue weighted by atomic mass is 9.98. The van der Waals surface area contributed by atoms with Crippen molar-refractivity contribution in [2.75, 3.05) is 18.9 Å². The fraction of sp³-hybridized carbons (Fsp3) is 0.467. The maximum absolute atomic E-state index is 5.53. The first-order chi connectivity index (χ1) is 9.70. The van der Waals surface area contributed by atoms with Gasteiger partial charge in [0.05, 0.1) is 6.04 Å². The van der Waals surface area contributed by atoms with Crippen LogP contribution in [-0.2, 0) is 0 Å². The van der Waals surface area contributed by atoms with Crippen molar-refractivity contribution in [3.05, 3.63) is 41.8 Å². The Morgan fingerprint density at radius 3 is 2.60 bits per heavy atom. The highest BCUT2D eigenvalue weighted by Crippen LogP contribution is 2.19. The van der Waals surface area contributed by atoms with Crippen molar-refractivity contribution < 1.29 is 4.42 Å². The van der Waals surface area contributed by atoms with E-state index in [4.69, 9.17) is 4.42 Å². The molecule has 2 aromatic rings. The molecule has 1 aromatic carbocycles. The minimum Gasteiger partial charge on any atom is -0.406 e. The first kappa shape index (κ1) is 14.5. The summed E-state index contributed by atoms with van der Waals surface area (Å²) in [5.74, 6) is 1.11. The molecule has 2 unspecified atom stereocenters. The molecule has 5 heteroatoms. The first-order valence-electron chi connectivity index (χ1n) is 7.00. The zero-order valence-corrected chi connectivity index (χ0v) is 12.3. The normalized spacial score (nSPS) is 13.9. The van der Waals surface area contributed by atoms with E-state index < -0.39 is 0 Å². The summed E-state index contributed by atoms with van der Waals surface area (Å²) in [6.45, 7) is 5.01. The van der Waals surface area contributed by atoms with Crippen LogP contribution in [0, 0.1) is 0 Å². The highest BCUT2D eigenvalue weighted by molar-refractivity contribution is 5.20. The van der Waals surface area contributed by atoms with Gasteiger partial charge in [-0.3, -0.25) is 0 Å². The minimum absolute atomic E-state index is 0.0706. The van der Waals surface area contributed by atoms with E-state index in [0.717, 1.165) is 13.0 Å². The smallest absolute Gasteiger partial charge is 0.315 e. The van der Waals surface area contributed by atoms with Crippen molar-refractivity contribution in [3.63, 3.8) is 0 Å². The number of hydrogen-bond donors (Lipinski definition) is 2. The van der Waals surface area contributed by atoms with Crippen molar-refractivity contribution >= 4 is 6.01 Å². The Morgan fingerprint density at radius 2 is 1.90 bits per heavy atom. The molecule has 0 bridgehead atoms. The quantitative estimate of drug-likeness (QED) is 0.812. The summed E-state index contributed by atoms with van der Waals surface area (Å²) in [5.41, 5.74) is 1.35. The van der Waals surface area contributed by atoms with Gasteiger partial charge >= 0.3 is 6.01 Å². The molecule has 108 valence electrons. The lowest BCUT2D eigenvalue weighted by Gasteiger charge is -2.11. The van der Waals surface area contributed by atoms with Gasteiger partial charge in [0.25, 0.3) is 0 Å². The molecule has 1 aromatic heterocycles. The maximum Gasteiger partial charge on any atom is 0.315 e. The van der Waals surface area contributed by atoms with E-state index in [0.29, 0.717) is 17.8 Å². The molecule has 0 fully saturated rings. The van der Waals surface area contributed by atoms with Gasteiger partial charge in [-0.2, -0.15) is 0 Å². The molecule has 5 nitrogen and oxygen atoms in total. The maximum atomic E-state index is 5.53. The number of rotatable bonds is 7. The predicted octanol–water partition coefficient (Wildman–Crippen LogP) is 2.96. The third-order valence-electron chi connectivity index (χ3n) is 3.47. The molecule has 0 aliphatic carbocycles. The molecule has 0 aliphatic rings. The average molecular weight is 274 g/mol. The SMILES string of the molecule is CNC(C)c1nnc(NCCC(C)c2ccccc2)o1. The van der Waals surface area contributed by atoms with Crippen LogP contribution < -0.4 is 10.6 Å². The third-order valence-corrected chi connectivity index (χ3v) is 3.47. The Hall–Kier alpha value is -1.88. The summed E-state index contributed by atoms with van der Waals surface area (Å²) in [6.07, 6.45) is 1.02. The van der Waals surface area contributed by atoms with E-state index in [1.807, 2.05) is 20.0 Å². The van der Waals surface area contributed by atoms with Gasteiger partial charge in [-0.25, -0.2) is 0 Å². The zero-order valence-electron chi connectivity index (χ0n) is 12.3. The van der Waals surface area contributed by atoms with Crippen LogP contribution >= 0.6 is 0 Å². The number of nitrogens with zero attached hydrogens (tertiary/aromatic N) is 2. The van der Waals surface area contributed by atoms with Crippen LogP contribution in [0.4, 0.5) is 6.01 Å². The summed E-state index contributed by atoms with van der Waals surface area (Å²) in [6, 6.07) is 11.1. The Labute approximate surface area is 119 Å². The van der Waals surface area contributed by atoms with Gasteiger partial charge in [0.1, 0.15) is 0 Å². The van der Waals surface area contributed by atoms with Crippen LogP contribution in [0.15, 0.2) is 34.7 Å². The molecule has 0 saturated carbocycles. The van der Waals surface area contributed by atoms with Gasteiger partial charge in [0.15, 0.2) is 0 Å². The minimum atomic E-state index is 0.0706. The second-order valence-electron chi connectivity index (χ2n) is 4.98. The highest BCUT2D eigenvalue weighted by Gasteiger charge is 2.12. The summed E-state index contributed by atoms with van der Waals surface area (Å²) < 4.78 is 5.53. The Morgan fingerprint density at radius 1 is 1.15 bits per heavy atom. The third kappa shape index (κ3) is 3.81. The second-order valence-corrected chi connectivity index (χ2v) is 4.98. The molecule has 0 radical (unpaired) electrons. The number of aromatic nitrogens is 2. The van der Waals surface area contributed by atoms with Gasteiger partial charge in [-0.05, 0) is 31.9 Å². The fourth-order valence-electron chi connectivity index (χ4n) is 1.95. The van der Waals surface area contributed by atoms with Crippen molar-refractivity contribution in [2.24, 2.45) is 0 Å². The molecule has 2 atom stereocenters. The molecule has 0 saturated heterocycles. The molecule has 2 N–H and O–H groups in total. The lowest BCUT2D eigenvalue weighted by Crippen LogP contribution is -2.12. The van der Waals surface area contributed by atoms with Gasteiger partial charge in [0.2, 0.25) is 5.89 Å². The standard InChI is InChI=1S/C15H22N4O/c1-11(13-7-5-4-6-8-13)9-10-17-15-19-18-14(20-15)12(2)16-3/h4-8,11-12,16H,9-10H2,1-3H3,(H,17,19).